The van der Waals surface area contributed by atoms with Crippen molar-refractivity contribution >= 4 is 5.91 Å². The van der Waals surface area contributed by atoms with E-state index in [1.165, 1.54) is 0 Å². The number of nitrogens with two attached hydrogens (primary N) is 1. The largest absolute Gasteiger partial charge is 0.377 e. The van der Waals surface area contributed by atoms with E-state index in [1.807, 2.05) is 0 Å². The SMILES string of the molecule is COCc1cc(C(=O)NCC(C)N)no1. The molecule has 3 N–H and O–H groups in total. The third-order valence-corrected chi connectivity index (χ3v) is 1.66. The molecule has 0 aliphatic heterocycles. The van der Waals surface area contributed by atoms with E-state index >= 15 is 0 Å². The molecule has 1 atom stereocenters. The second-order valence-corrected chi connectivity index (χ2v) is 3.30. The Hall–Kier alpha value is -1.40. The van der Waals surface area contributed by atoms with Crippen LogP contribution >= 0.6 is 0 Å². The summed E-state index contributed by atoms with van der Waals surface area (Å²) in [5.41, 5.74) is 5.73. The second-order valence-electron chi connectivity index (χ2n) is 3.30. The highest BCUT2D eigenvalue weighted by Crippen LogP contribution is 2.04. The number of aromatic nitrogens is 1. The molecular formula is C9H15N3O3. The number of hydrogen-bond acceptors (Lipinski definition) is 5. The maximum absolute atomic E-state index is 11.4. The summed E-state index contributed by atoms with van der Waals surface area (Å²) in [6.07, 6.45) is 0. The highest BCUT2D eigenvalue weighted by atomic mass is 16.5. The van der Waals surface area contributed by atoms with Crippen LogP contribution in [0.25, 0.3) is 0 Å². The number of carbonyl (C=O) groups excluding carboxylic acids is 1. The van der Waals surface area contributed by atoms with E-state index in [9.17, 15) is 4.79 Å². The molecule has 0 aromatic carbocycles. The van der Waals surface area contributed by atoms with Crippen LogP contribution < -0.4 is 11.1 Å². The Balaban J connectivity index is 2.50. The summed E-state index contributed by atoms with van der Waals surface area (Å²) in [6, 6.07) is 1.46. The average Bonchev–Trinajstić information content (AvgIpc) is 2.63. The summed E-state index contributed by atoms with van der Waals surface area (Å²) < 4.78 is 9.70. The number of hydrogen-bond donors (Lipinski definition) is 2. The summed E-state index contributed by atoms with van der Waals surface area (Å²) in [6.45, 7) is 2.51. The lowest BCUT2D eigenvalue weighted by atomic mass is 10.3. The Labute approximate surface area is 87.8 Å². The molecule has 6 nitrogen and oxygen atoms in total. The molecule has 0 saturated heterocycles. The lowest BCUT2D eigenvalue weighted by Gasteiger charge is -2.04. The van der Waals surface area contributed by atoms with Gasteiger partial charge in [0.25, 0.3) is 5.91 Å². The third-order valence-electron chi connectivity index (χ3n) is 1.66. The van der Waals surface area contributed by atoms with Gasteiger partial charge in [-0.2, -0.15) is 0 Å². The van der Waals surface area contributed by atoms with E-state index in [0.29, 0.717) is 18.9 Å². The monoisotopic (exact) mass is 213 g/mol. The van der Waals surface area contributed by atoms with Crippen LogP contribution in [0.2, 0.25) is 0 Å². The molecule has 1 unspecified atom stereocenters. The van der Waals surface area contributed by atoms with Crippen molar-refractivity contribution in [1.82, 2.24) is 10.5 Å². The number of rotatable bonds is 5. The molecule has 1 aromatic rings. The summed E-state index contributed by atoms with van der Waals surface area (Å²) in [4.78, 5) is 11.4. The molecule has 0 fully saturated rings. The van der Waals surface area contributed by atoms with E-state index in [-0.39, 0.29) is 17.6 Å². The predicted octanol–water partition coefficient (Wildman–Crippen LogP) is -0.102. The molecule has 84 valence electrons. The molecule has 0 aliphatic rings. The van der Waals surface area contributed by atoms with Gasteiger partial charge in [0.15, 0.2) is 11.5 Å². The molecule has 1 heterocycles. The van der Waals surface area contributed by atoms with Gasteiger partial charge in [-0.1, -0.05) is 5.16 Å². The van der Waals surface area contributed by atoms with Crippen molar-refractivity contribution in [1.29, 1.82) is 0 Å². The van der Waals surface area contributed by atoms with Gasteiger partial charge in [-0.15, -0.1) is 0 Å². The molecule has 0 bridgehead atoms. The van der Waals surface area contributed by atoms with Crippen LogP contribution in [0.3, 0.4) is 0 Å². The van der Waals surface area contributed by atoms with Gasteiger partial charge >= 0.3 is 0 Å². The van der Waals surface area contributed by atoms with Gasteiger partial charge < -0.3 is 20.3 Å². The minimum Gasteiger partial charge on any atom is -0.377 e. The van der Waals surface area contributed by atoms with Crippen molar-refractivity contribution < 1.29 is 14.1 Å². The molecule has 15 heavy (non-hydrogen) atoms. The van der Waals surface area contributed by atoms with Gasteiger partial charge in [0.2, 0.25) is 0 Å². The van der Waals surface area contributed by atoms with Gasteiger partial charge in [0.1, 0.15) is 6.61 Å². The number of nitrogens with zero attached hydrogens (tertiary/aromatic N) is 1. The lowest BCUT2D eigenvalue weighted by molar-refractivity contribution is 0.0942. The van der Waals surface area contributed by atoms with Crippen molar-refractivity contribution in [3.63, 3.8) is 0 Å². The van der Waals surface area contributed by atoms with Crippen LogP contribution in [0.15, 0.2) is 10.6 Å². The van der Waals surface area contributed by atoms with Crippen LogP contribution in [-0.4, -0.2) is 30.8 Å². The molecule has 0 radical (unpaired) electrons. The van der Waals surface area contributed by atoms with Gasteiger partial charge in [-0.3, -0.25) is 4.79 Å². The number of nitrogens with one attached hydrogen (secondary N) is 1. The zero-order chi connectivity index (χ0) is 11.3. The lowest BCUT2D eigenvalue weighted by Crippen LogP contribution is -2.35. The van der Waals surface area contributed by atoms with Crippen molar-refractivity contribution in [3.8, 4) is 0 Å². The van der Waals surface area contributed by atoms with E-state index in [0.717, 1.165) is 0 Å². The fourth-order valence-electron chi connectivity index (χ4n) is 0.975. The average molecular weight is 213 g/mol. The van der Waals surface area contributed by atoms with Gasteiger partial charge in [-0.25, -0.2) is 0 Å². The molecule has 0 saturated carbocycles. The number of methoxy groups -OCH3 is 1. The van der Waals surface area contributed by atoms with Gasteiger partial charge in [0, 0.05) is 25.8 Å². The van der Waals surface area contributed by atoms with Crippen molar-refractivity contribution in [2.75, 3.05) is 13.7 Å². The molecular weight excluding hydrogens is 198 g/mol. The van der Waals surface area contributed by atoms with E-state index in [1.54, 1.807) is 20.1 Å². The number of ether oxygens (including phenoxy) is 1. The molecule has 0 aliphatic carbocycles. The fourth-order valence-corrected chi connectivity index (χ4v) is 0.975. The molecule has 0 spiro atoms. The second kappa shape index (κ2) is 5.47. The summed E-state index contributed by atoms with van der Waals surface area (Å²) in [5, 5.41) is 6.23. The Morgan fingerprint density at radius 2 is 2.53 bits per heavy atom. The first kappa shape index (κ1) is 11.7. The van der Waals surface area contributed by atoms with Crippen LogP contribution in [0.1, 0.15) is 23.2 Å². The highest BCUT2D eigenvalue weighted by molar-refractivity contribution is 5.92. The first-order valence-corrected chi connectivity index (χ1v) is 4.61. The summed E-state index contributed by atoms with van der Waals surface area (Å²) in [5.74, 6) is 0.224. The first-order valence-electron chi connectivity index (χ1n) is 4.61. The summed E-state index contributed by atoms with van der Waals surface area (Å²) in [7, 11) is 1.54. The zero-order valence-corrected chi connectivity index (χ0v) is 8.82. The normalized spacial score (nSPS) is 12.5. The van der Waals surface area contributed by atoms with Gasteiger partial charge in [-0.05, 0) is 6.92 Å². The highest BCUT2D eigenvalue weighted by Gasteiger charge is 2.12. The van der Waals surface area contributed by atoms with Gasteiger partial charge in [0.05, 0.1) is 0 Å². The molecule has 1 rings (SSSR count). The number of amides is 1. The summed E-state index contributed by atoms with van der Waals surface area (Å²) >= 11 is 0. The van der Waals surface area contributed by atoms with E-state index < -0.39 is 0 Å². The quantitative estimate of drug-likeness (QED) is 0.712. The van der Waals surface area contributed by atoms with Crippen molar-refractivity contribution in [2.24, 2.45) is 5.73 Å². The van der Waals surface area contributed by atoms with Crippen molar-refractivity contribution in [2.45, 2.75) is 19.6 Å². The van der Waals surface area contributed by atoms with Crippen LogP contribution in [-0.2, 0) is 11.3 Å². The van der Waals surface area contributed by atoms with Crippen LogP contribution in [0, 0.1) is 0 Å². The Kier molecular flexibility index (Phi) is 4.26. The first-order chi connectivity index (χ1) is 7.13. The van der Waals surface area contributed by atoms with Crippen LogP contribution in [0.5, 0.6) is 0 Å². The van der Waals surface area contributed by atoms with E-state index in [4.69, 9.17) is 15.0 Å². The predicted molar refractivity (Wildman–Crippen MR) is 53.2 cm³/mol. The minimum absolute atomic E-state index is 0.0840. The van der Waals surface area contributed by atoms with E-state index in [2.05, 4.69) is 10.5 Å². The smallest absolute Gasteiger partial charge is 0.273 e. The maximum Gasteiger partial charge on any atom is 0.273 e. The maximum atomic E-state index is 11.4. The molecule has 1 aromatic heterocycles. The minimum atomic E-state index is -0.293. The molecule has 1 amide bonds. The Bertz CT molecular complexity index is 322. The Morgan fingerprint density at radius 1 is 1.80 bits per heavy atom. The topological polar surface area (TPSA) is 90.4 Å². The standard InChI is InChI=1S/C9H15N3O3/c1-6(10)4-11-9(13)8-3-7(5-14-2)15-12-8/h3,6H,4-5,10H2,1-2H3,(H,11,13). The third kappa shape index (κ3) is 3.69. The molecule has 6 heteroatoms. The van der Waals surface area contributed by atoms with Crippen LogP contribution in [0.4, 0.5) is 0 Å². The Morgan fingerprint density at radius 3 is 3.13 bits per heavy atom. The fraction of sp³-hybridized carbons (Fsp3) is 0.556. The number of carbonyl (C=O) groups is 1. The van der Waals surface area contributed by atoms with Crippen molar-refractivity contribution in [3.05, 3.63) is 17.5 Å². The zero-order valence-electron chi connectivity index (χ0n) is 8.82.